The fraction of sp³-hybridized carbons (Fsp3) is 0.267. The van der Waals surface area contributed by atoms with Gasteiger partial charge in [0.15, 0.2) is 0 Å². The number of aryl methyl sites for hydroxylation is 1. The molecule has 0 spiro atoms. The van der Waals surface area contributed by atoms with Gasteiger partial charge in [0.1, 0.15) is 5.76 Å². The maximum atomic E-state index is 11.9. The third kappa shape index (κ3) is 1.91. The van der Waals surface area contributed by atoms with Crippen molar-refractivity contribution < 1.29 is 4.42 Å². The molecule has 0 saturated heterocycles. The highest BCUT2D eigenvalue weighted by molar-refractivity contribution is 5.58. The van der Waals surface area contributed by atoms with Crippen LogP contribution in [0.4, 0.5) is 0 Å². The van der Waals surface area contributed by atoms with E-state index in [1.807, 2.05) is 36.4 Å². The maximum absolute atomic E-state index is 11.9. The largest absolute Gasteiger partial charge is 0.423 e. The van der Waals surface area contributed by atoms with Crippen molar-refractivity contribution >= 4 is 0 Å². The van der Waals surface area contributed by atoms with Crippen molar-refractivity contribution in [1.29, 1.82) is 0 Å². The molecular formula is C15H14O2. The normalized spacial score (nSPS) is 14.4. The summed E-state index contributed by atoms with van der Waals surface area (Å²) in [7, 11) is 0. The highest BCUT2D eigenvalue weighted by atomic mass is 16.4. The molecular weight excluding hydrogens is 212 g/mol. The molecule has 0 radical (unpaired) electrons. The van der Waals surface area contributed by atoms with Crippen molar-refractivity contribution in [3.63, 3.8) is 0 Å². The molecule has 1 heterocycles. The molecule has 2 aromatic rings. The molecule has 17 heavy (non-hydrogen) atoms. The van der Waals surface area contributed by atoms with Gasteiger partial charge in [-0.05, 0) is 37.3 Å². The zero-order valence-electron chi connectivity index (χ0n) is 9.61. The predicted octanol–water partition coefficient (Wildman–Crippen LogP) is 3.19. The van der Waals surface area contributed by atoms with Gasteiger partial charge in [-0.1, -0.05) is 30.3 Å². The lowest BCUT2D eigenvalue weighted by Crippen LogP contribution is -2.15. The summed E-state index contributed by atoms with van der Waals surface area (Å²) in [5.74, 6) is 0.691. The summed E-state index contributed by atoms with van der Waals surface area (Å²) >= 11 is 0. The van der Waals surface area contributed by atoms with Gasteiger partial charge >= 0.3 is 5.63 Å². The van der Waals surface area contributed by atoms with Gasteiger partial charge in [-0.3, -0.25) is 0 Å². The van der Waals surface area contributed by atoms with Crippen LogP contribution in [0.5, 0.6) is 0 Å². The molecule has 0 N–H and O–H groups in total. The summed E-state index contributed by atoms with van der Waals surface area (Å²) in [6.07, 6.45) is 4.14. The Morgan fingerprint density at radius 2 is 1.76 bits per heavy atom. The van der Waals surface area contributed by atoms with Crippen LogP contribution >= 0.6 is 0 Å². The van der Waals surface area contributed by atoms with Gasteiger partial charge in [-0.15, -0.1) is 0 Å². The molecule has 0 unspecified atom stereocenters. The van der Waals surface area contributed by atoms with Crippen molar-refractivity contribution in [2.45, 2.75) is 25.7 Å². The van der Waals surface area contributed by atoms with Crippen LogP contribution in [-0.2, 0) is 12.8 Å². The zero-order valence-corrected chi connectivity index (χ0v) is 9.61. The van der Waals surface area contributed by atoms with Gasteiger partial charge in [0.25, 0.3) is 0 Å². The van der Waals surface area contributed by atoms with E-state index in [2.05, 4.69) is 0 Å². The van der Waals surface area contributed by atoms with Gasteiger partial charge in [-0.25, -0.2) is 4.79 Å². The molecule has 1 aliphatic carbocycles. The molecule has 1 aliphatic rings. The predicted molar refractivity (Wildman–Crippen MR) is 67.1 cm³/mol. The number of hydrogen-bond donors (Lipinski definition) is 0. The van der Waals surface area contributed by atoms with Gasteiger partial charge < -0.3 is 4.42 Å². The standard InChI is InChI=1S/C15H14O2/c16-15-13-9-5-4-8-12(13)10-14(17-15)11-6-2-1-3-7-11/h1-3,6-7,10H,4-5,8-9H2. The number of fused-ring (bicyclic) bond motifs is 1. The summed E-state index contributed by atoms with van der Waals surface area (Å²) in [5.41, 5.74) is 2.88. The lowest BCUT2D eigenvalue weighted by Gasteiger charge is -2.14. The first-order valence-electron chi connectivity index (χ1n) is 6.06. The maximum Gasteiger partial charge on any atom is 0.339 e. The first kappa shape index (κ1) is 10.3. The van der Waals surface area contributed by atoms with Crippen molar-refractivity contribution in [2.24, 2.45) is 0 Å². The van der Waals surface area contributed by atoms with E-state index in [1.165, 1.54) is 12.0 Å². The topological polar surface area (TPSA) is 30.2 Å². The number of rotatable bonds is 1. The van der Waals surface area contributed by atoms with E-state index in [0.29, 0.717) is 5.76 Å². The van der Waals surface area contributed by atoms with E-state index in [1.54, 1.807) is 0 Å². The lowest BCUT2D eigenvalue weighted by molar-refractivity contribution is 0.501. The molecule has 0 aliphatic heterocycles. The van der Waals surface area contributed by atoms with Crippen LogP contribution in [0.3, 0.4) is 0 Å². The summed E-state index contributed by atoms with van der Waals surface area (Å²) in [6.45, 7) is 0. The molecule has 2 heteroatoms. The van der Waals surface area contributed by atoms with E-state index >= 15 is 0 Å². The minimum Gasteiger partial charge on any atom is -0.423 e. The zero-order chi connectivity index (χ0) is 11.7. The Morgan fingerprint density at radius 3 is 2.59 bits per heavy atom. The van der Waals surface area contributed by atoms with E-state index in [4.69, 9.17) is 4.42 Å². The van der Waals surface area contributed by atoms with Crippen LogP contribution in [0.25, 0.3) is 11.3 Å². The fourth-order valence-corrected chi connectivity index (χ4v) is 2.41. The second-order valence-electron chi connectivity index (χ2n) is 4.48. The van der Waals surface area contributed by atoms with Crippen LogP contribution in [0, 0.1) is 0 Å². The highest BCUT2D eigenvalue weighted by Crippen LogP contribution is 2.24. The van der Waals surface area contributed by atoms with Crippen LogP contribution < -0.4 is 5.63 Å². The molecule has 1 aromatic carbocycles. The summed E-state index contributed by atoms with van der Waals surface area (Å²) < 4.78 is 5.41. The molecule has 86 valence electrons. The van der Waals surface area contributed by atoms with Crippen molar-refractivity contribution in [3.05, 3.63) is 57.9 Å². The van der Waals surface area contributed by atoms with E-state index in [9.17, 15) is 4.79 Å². The first-order valence-corrected chi connectivity index (χ1v) is 6.06. The Morgan fingerprint density at radius 1 is 1.00 bits per heavy atom. The molecule has 1 aromatic heterocycles. The van der Waals surface area contributed by atoms with Crippen LogP contribution in [0.2, 0.25) is 0 Å². The minimum atomic E-state index is -0.152. The van der Waals surface area contributed by atoms with Crippen molar-refractivity contribution in [1.82, 2.24) is 0 Å². The molecule has 3 rings (SSSR count). The molecule has 0 atom stereocenters. The summed E-state index contributed by atoms with van der Waals surface area (Å²) in [5, 5.41) is 0. The third-order valence-corrected chi connectivity index (χ3v) is 3.32. The summed E-state index contributed by atoms with van der Waals surface area (Å²) in [6, 6.07) is 11.8. The molecule has 0 fully saturated rings. The number of hydrogen-bond acceptors (Lipinski definition) is 2. The van der Waals surface area contributed by atoms with Crippen LogP contribution in [0.15, 0.2) is 45.6 Å². The lowest BCUT2D eigenvalue weighted by atomic mass is 9.92. The van der Waals surface area contributed by atoms with Crippen LogP contribution in [-0.4, -0.2) is 0 Å². The van der Waals surface area contributed by atoms with E-state index in [0.717, 1.165) is 30.4 Å². The first-order chi connectivity index (χ1) is 8.34. The fourth-order valence-electron chi connectivity index (χ4n) is 2.41. The Balaban J connectivity index is 2.14. The molecule has 2 nitrogen and oxygen atoms in total. The Hall–Kier alpha value is -1.83. The van der Waals surface area contributed by atoms with E-state index < -0.39 is 0 Å². The Labute approximate surface area is 99.9 Å². The monoisotopic (exact) mass is 226 g/mol. The number of benzene rings is 1. The van der Waals surface area contributed by atoms with Gasteiger partial charge in [0.05, 0.1) is 0 Å². The highest BCUT2D eigenvalue weighted by Gasteiger charge is 2.15. The molecule has 0 amide bonds. The Bertz CT molecular complexity index is 582. The average molecular weight is 226 g/mol. The van der Waals surface area contributed by atoms with Crippen molar-refractivity contribution in [2.75, 3.05) is 0 Å². The average Bonchev–Trinajstić information content (AvgIpc) is 2.40. The SMILES string of the molecule is O=c1oc(-c2ccccc2)cc2c1CCCC2. The summed E-state index contributed by atoms with van der Waals surface area (Å²) in [4.78, 5) is 11.9. The second-order valence-corrected chi connectivity index (χ2v) is 4.48. The van der Waals surface area contributed by atoms with Crippen LogP contribution in [0.1, 0.15) is 24.0 Å². The quantitative estimate of drug-likeness (QED) is 0.747. The van der Waals surface area contributed by atoms with E-state index in [-0.39, 0.29) is 5.63 Å². The van der Waals surface area contributed by atoms with Gasteiger partial charge in [0.2, 0.25) is 0 Å². The Kier molecular flexibility index (Phi) is 2.56. The van der Waals surface area contributed by atoms with Crippen molar-refractivity contribution in [3.8, 4) is 11.3 Å². The van der Waals surface area contributed by atoms with Gasteiger partial charge in [0, 0.05) is 11.1 Å². The van der Waals surface area contributed by atoms with Gasteiger partial charge in [-0.2, -0.15) is 0 Å². The second kappa shape index (κ2) is 4.21. The molecule has 0 saturated carbocycles. The third-order valence-electron chi connectivity index (χ3n) is 3.32. The molecule has 0 bridgehead atoms. The smallest absolute Gasteiger partial charge is 0.339 e. The minimum absolute atomic E-state index is 0.152.